The second-order valence-corrected chi connectivity index (χ2v) is 8.58. The number of nitrogens with zero attached hydrogens (tertiary/aromatic N) is 1. The van der Waals surface area contributed by atoms with E-state index in [0.29, 0.717) is 17.4 Å². The van der Waals surface area contributed by atoms with Gasteiger partial charge in [-0.25, -0.2) is 0 Å². The number of benzene rings is 2. The van der Waals surface area contributed by atoms with E-state index >= 15 is 0 Å². The molecule has 0 aromatic heterocycles. The SMILES string of the molecule is Cl.O=C(c1ccccc1)N1CCC(CNC2CC23CCc2ccccc23)CC1. The van der Waals surface area contributed by atoms with Crippen molar-refractivity contribution in [1.29, 1.82) is 0 Å². The summed E-state index contributed by atoms with van der Waals surface area (Å²) in [6.45, 7) is 2.87. The van der Waals surface area contributed by atoms with Crippen LogP contribution in [0.2, 0.25) is 0 Å². The molecule has 1 saturated heterocycles. The first-order valence-corrected chi connectivity index (χ1v) is 10.4. The van der Waals surface area contributed by atoms with E-state index in [1.807, 2.05) is 35.2 Å². The number of halogens is 1. The second kappa shape index (κ2) is 7.88. The average molecular weight is 397 g/mol. The molecule has 1 aliphatic heterocycles. The first-order chi connectivity index (χ1) is 13.3. The van der Waals surface area contributed by atoms with Gasteiger partial charge in [-0.3, -0.25) is 4.79 Å². The highest BCUT2D eigenvalue weighted by molar-refractivity contribution is 5.94. The van der Waals surface area contributed by atoms with Crippen molar-refractivity contribution in [2.45, 2.75) is 43.6 Å². The Bertz CT molecular complexity index is 832. The van der Waals surface area contributed by atoms with Crippen molar-refractivity contribution in [2.75, 3.05) is 19.6 Å². The number of rotatable bonds is 4. The van der Waals surface area contributed by atoms with Crippen LogP contribution < -0.4 is 5.32 Å². The van der Waals surface area contributed by atoms with Gasteiger partial charge in [-0.2, -0.15) is 0 Å². The summed E-state index contributed by atoms with van der Waals surface area (Å²) in [6.07, 6.45) is 6.08. The molecular weight excluding hydrogens is 368 g/mol. The zero-order chi connectivity index (χ0) is 18.3. The molecule has 1 N–H and O–H groups in total. The van der Waals surface area contributed by atoms with Crippen LogP contribution in [0.25, 0.3) is 0 Å². The number of amides is 1. The van der Waals surface area contributed by atoms with Crippen molar-refractivity contribution in [1.82, 2.24) is 10.2 Å². The van der Waals surface area contributed by atoms with Crippen molar-refractivity contribution in [3.63, 3.8) is 0 Å². The summed E-state index contributed by atoms with van der Waals surface area (Å²) < 4.78 is 0. The van der Waals surface area contributed by atoms with Crippen LogP contribution in [0.15, 0.2) is 54.6 Å². The van der Waals surface area contributed by atoms with Gasteiger partial charge in [0.25, 0.3) is 5.91 Å². The second-order valence-electron chi connectivity index (χ2n) is 8.58. The summed E-state index contributed by atoms with van der Waals surface area (Å²) >= 11 is 0. The van der Waals surface area contributed by atoms with Crippen LogP contribution in [0.4, 0.5) is 0 Å². The summed E-state index contributed by atoms with van der Waals surface area (Å²) in [7, 11) is 0. The standard InChI is InChI=1S/C24H28N2O.ClH/c27-23(20-7-2-1-3-8-20)26-14-11-18(12-15-26)17-25-22-16-24(22)13-10-19-6-4-5-9-21(19)24;/h1-9,18,22,25H,10-17H2;1H. The number of aryl methyl sites for hydroxylation is 1. The van der Waals surface area contributed by atoms with E-state index < -0.39 is 0 Å². The maximum Gasteiger partial charge on any atom is 0.253 e. The van der Waals surface area contributed by atoms with Gasteiger partial charge in [-0.05, 0) is 67.8 Å². The molecule has 1 amide bonds. The molecule has 2 aromatic rings. The molecule has 2 aromatic carbocycles. The predicted molar refractivity (Wildman–Crippen MR) is 115 cm³/mol. The Hall–Kier alpha value is -1.84. The molecule has 2 unspecified atom stereocenters. The van der Waals surface area contributed by atoms with Crippen LogP contribution in [0, 0.1) is 5.92 Å². The van der Waals surface area contributed by atoms with Crippen molar-refractivity contribution < 1.29 is 4.79 Å². The van der Waals surface area contributed by atoms with Crippen LogP contribution in [0.1, 0.15) is 47.2 Å². The number of hydrogen-bond acceptors (Lipinski definition) is 2. The van der Waals surface area contributed by atoms with Gasteiger partial charge in [0.1, 0.15) is 0 Å². The highest BCUT2D eigenvalue weighted by atomic mass is 35.5. The first kappa shape index (κ1) is 19.5. The minimum Gasteiger partial charge on any atom is -0.339 e. The molecule has 4 heteroatoms. The molecule has 0 bridgehead atoms. The van der Waals surface area contributed by atoms with Gasteiger partial charge in [0.15, 0.2) is 0 Å². The fourth-order valence-electron chi connectivity index (χ4n) is 5.28. The molecule has 3 nitrogen and oxygen atoms in total. The van der Waals surface area contributed by atoms with Crippen molar-refractivity contribution in [2.24, 2.45) is 5.92 Å². The average Bonchev–Trinajstić information content (AvgIpc) is 3.33. The highest BCUT2D eigenvalue weighted by Gasteiger charge is 2.57. The molecule has 1 saturated carbocycles. The van der Waals surface area contributed by atoms with Gasteiger partial charge in [0.05, 0.1) is 0 Å². The van der Waals surface area contributed by atoms with E-state index in [1.165, 1.54) is 19.3 Å². The maximum absolute atomic E-state index is 12.6. The largest absolute Gasteiger partial charge is 0.339 e. The molecule has 28 heavy (non-hydrogen) atoms. The molecule has 1 heterocycles. The van der Waals surface area contributed by atoms with Crippen LogP contribution in [0.3, 0.4) is 0 Å². The normalized spacial score (nSPS) is 26.0. The third-order valence-corrected chi connectivity index (χ3v) is 7.04. The van der Waals surface area contributed by atoms with Crippen LogP contribution in [0.5, 0.6) is 0 Å². The molecular formula is C24H29ClN2O. The first-order valence-electron chi connectivity index (χ1n) is 10.4. The zero-order valence-electron chi connectivity index (χ0n) is 16.3. The molecule has 1 spiro atoms. The number of hydrogen-bond donors (Lipinski definition) is 1. The Labute approximate surface area is 173 Å². The quantitative estimate of drug-likeness (QED) is 0.839. The number of carbonyl (C=O) groups is 1. The Kier molecular flexibility index (Phi) is 5.48. The maximum atomic E-state index is 12.6. The Morgan fingerprint density at radius 2 is 1.75 bits per heavy atom. The zero-order valence-corrected chi connectivity index (χ0v) is 17.1. The van der Waals surface area contributed by atoms with Gasteiger partial charge in [0.2, 0.25) is 0 Å². The van der Waals surface area contributed by atoms with Gasteiger partial charge in [-0.1, -0.05) is 42.5 Å². The number of carbonyl (C=O) groups excluding carboxylic acids is 1. The van der Waals surface area contributed by atoms with Gasteiger partial charge in [0, 0.05) is 30.1 Å². The molecule has 5 rings (SSSR count). The van der Waals surface area contributed by atoms with Crippen LogP contribution in [-0.2, 0) is 11.8 Å². The Morgan fingerprint density at radius 3 is 2.54 bits per heavy atom. The van der Waals surface area contributed by atoms with Gasteiger partial charge >= 0.3 is 0 Å². The minimum absolute atomic E-state index is 0. The van der Waals surface area contributed by atoms with Crippen molar-refractivity contribution in [3.05, 3.63) is 71.3 Å². The predicted octanol–water partition coefficient (Wildman–Crippen LogP) is 4.21. The minimum atomic E-state index is 0. The molecule has 2 aliphatic carbocycles. The molecule has 148 valence electrons. The van der Waals surface area contributed by atoms with Crippen LogP contribution >= 0.6 is 12.4 Å². The lowest BCUT2D eigenvalue weighted by atomic mass is 9.95. The molecule has 3 aliphatic rings. The number of nitrogens with one attached hydrogen (secondary N) is 1. The van der Waals surface area contributed by atoms with Gasteiger partial charge in [-0.15, -0.1) is 12.4 Å². The third kappa shape index (κ3) is 3.46. The van der Waals surface area contributed by atoms with Crippen molar-refractivity contribution in [3.8, 4) is 0 Å². The van der Waals surface area contributed by atoms with E-state index in [4.69, 9.17) is 0 Å². The van der Waals surface area contributed by atoms with Crippen molar-refractivity contribution >= 4 is 18.3 Å². The lowest BCUT2D eigenvalue weighted by Gasteiger charge is -2.32. The third-order valence-electron chi connectivity index (χ3n) is 7.04. The summed E-state index contributed by atoms with van der Waals surface area (Å²) in [5, 5.41) is 3.87. The van der Waals surface area contributed by atoms with E-state index in [0.717, 1.165) is 38.0 Å². The smallest absolute Gasteiger partial charge is 0.253 e. The lowest BCUT2D eigenvalue weighted by Crippen LogP contribution is -2.41. The fraction of sp³-hybridized carbons (Fsp3) is 0.458. The summed E-state index contributed by atoms with van der Waals surface area (Å²) in [5.41, 5.74) is 4.41. The highest BCUT2D eigenvalue weighted by Crippen LogP contribution is 2.56. The fourth-order valence-corrected chi connectivity index (χ4v) is 5.28. The monoisotopic (exact) mass is 396 g/mol. The Morgan fingerprint density at radius 1 is 1.04 bits per heavy atom. The molecule has 2 fully saturated rings. The summed E-state index contributed by atoms with van der Waals surface area (Å²) in [6, 6.07) is 19.4. The van der Waals surface area contributed by atoms with E-state index in [9.17, 15) is 4.79 Å². The molecule has 0 radical (unpaired) electrons. The topological polar surface area (TPSA) is 32.3 Å². The van der Waals surface area contributed by atoms with Gasteiger partial charge < -0.3 is 10.2 Å². The van der Waals surface area contributed by atoms with E-state index in [2.05, 4.69) is 29.6 Å². The lowest BCUT2D eigenvalue weighted by molar-refractivity contribution is 0.0689. The Balaban J connectivity index is 0.00000192. The van der Waals surface area contributed by atoms with Crippen LogP contribution in [-0.4, -0.2) is 36.5 Å². The summed E-state index contributed by atoms with van der Waals surface area (Å²) in [4.78, 5) is 14.6. The molecule has 2 atom stereocenters. The number of piperidine rings is 1. The number of fused-ring (bicyclic) bond motifs is 2. The summed E-state index contributed by atoms with van der Waals surface area (Å²) in [5.74, 6) is 0.879. The number of likely N-dealkylation sites (tertiary alicyclic amines) is 1. The van der Waals surface area contributed by atoms with E-state index in [-0.39, 0.29) is 18.3 Å². The van der Waals surface area contributed by atoms with E-state index in [1.54, 1.807) is 11.1 Å².